The van der Waals surface area contributed by atoms with E-state index >= 15 is 0 Å². The highest BCUT2D eigenvalue weighted by Crippen LogP contribution is 2.18. The highest BCUT2D eigenvalue weighted by atomic mass is 32.1. The van der Waals surface area contributed by atoms with Crippen LogP contribution in [-0.4, -0.2) is 28.9 Å². The Hall–Kier alpha value is -2.48. The molecule has 0 aliphatic carbocycles. The van der Waals surface area contributed by atoms with Crippen molar-refractivity contribution >= 4 is 28.7 Å². The summed E-state index contributed by atoms with van der Waals surface area (Å²) < 4.78 is 0. The Balaban J connectivity index is 1.72. The monoisotopic (exact) mass is 320 g/mol. The average Bonchev–Trinajstić information content (AvgIpc) is 3.00. The molecule has 8 heteroatoms. The maximum absolute atomic E-state index is 11.7. The number of hydrogen-bond acceptors (Lipinski definition) is 6. The van der Waals surface area contributed by atoms with E-state index in [2.05, 4.69) is 15.6 Å². The summed E-state index contributed by atoms with van der Waals surface area (Å²) in [6.07, 6.45) is 1.98. The number of rotatable bonds is 7. The van der Waals surface area contributed by atoms with E-state index in [1.807, 2.05) is 11.4 Å². The van der Waals surface area contributed by atoms with Crippen molar-refractivity contribution < 1.29 is 9.72 Å². The first-order chi connectivity index (χ1) is 10.6. The van der Waals surface area contributed by atoms with Gasteiger partial charge in [-0.15, -0.1) is 11.3 Å². The maximum Gasteiger partial charge on any atom is 0.290 e. The molecule has 22 heavy (non-hydrogen) atoms. The third-order valence-electron chi connectivity index (χ3n) is 2.97. The second-order valence-corrected chi connectivity index (χ2v) is 5.57. The molecule has 0 aliphatic heterocycles. The Morgan fingerprint density at radius 3 is 2.91 bits per heavy atom. The van der Waals surface area contributed by atoms with E-state index in [-0.39, 0.29) is 11.6 Å². The largest absolute Gasteiger partial charge is 0.370 e. The lowest BCUT2D eigenvalue weighted by molar-refractivity contribution is -0.385. The van der Waals surface area contributed by atoms with E-state index < -0.39 is 4.92 Å². The second-order valence-electron chi connectivity index (χ2n) is 4.63. The van der Waals surface area contributed by atoms with E-state index in [9.17, 15) is 14.9 Å². The molecule has 0 aromatic carbocycles. The van der Waals surface area contributed by atoms with Crippen LogP contribution < -0.4 is 10.6 Å². The Morgan fingerprint density at radius 1 is 1.45 bits per heavy atom. The predicted molar refractivity (Wildman–Crippen MR) is 85.4 cm³/mol. The average molecular weight is 320 g/mol. The van der Waals surface area contributed by atoms with Gasteiger partial charge in [0, 0.05) is 18.7 Å². The normalized spacial score (nSPS) is 10.2. The molecular formula is C14H16N4O3S. The number of anilines is 1. The molecule has 0 bridgehead atoms. The molecule has 2 N–H and O–H groups in total. The number of carbonyl (C=O) groups excluding carboxylic acids is 1. The Labute approximate surface area is 131 Å². The predicted octanol–water partition coefficient (Wildman–Crippen LogP) is 2.59. The molecule has 0 aliphatic rings. The SMILES string of the molecule is Cc1cc(NCCCNC(=O)c2cccs2)ncc1[N+](=O)[O-]. The molecule has 0 saturated heterocycles. The Bertz CT molecular complexity index is 658. The third kappa shape index (κ3) is 4.26. The molecule has 0 unspecified atom stereocenters. The summed E-state index contributed by atoms with van der Waals surface area (Å²) >= 11 is 1.40. The number of thiophene rings is 1. The van der Waals surface area contributed by atoms with Gasteiger partial charge in [0.25, 0.3) is 11.6 Å². The van der Waals surface area contributed by atoms with Crippen molar-refractivity contribution in [3.63, 3.8) is 0 Å². The number of hydrogen-bond donors (Lipinski definition) is 2. The van der Waals surface area contributed by atoms with Crippen LogP contribution in [-0.2, 0) is 0 Å². The Kier molecular flexibility index (Phi) is 5.42. The first-order valence-corrected chi connectivity index (χ1v) is 7.62. The molecular weight excluding hydrogens is 304 g/mol. The minimum atomic E-state index is -0.452. The lowest BCUT2D eigenvalue weighted by atomic mass is 10.2. The summed E-state index contributed by atoms with van der Waals surface area (Å²) in [5, 5.41) is 18.5. The minimum Gasteiger partial charge on any atom is -0.370 e. The van der Waals surface area contributed by atoms with Gasteiger partial charge in [-0.3, -0.25) is 14.9 Å². The quantitative estimate of drug-likeness (QED) is 0.464. The molecule has 2 aromatic rings. The van der Waals surface area contributed by atoms with Gasteiger partial charge in [0.1, 0.15) is 12.0 Å². The van der Waals surface area contributed by atoms with Crippen molar-refractivity contribution in [2.75, 3.05) is 18.4 Å². The third-order valence-corrected chi connectivity index (χ3v) is 3.84. The fourth-order valence-corrected chi connectivity index (χ4v) is 2.48. The van der Waals surface area contributed by atoms with Crippen molar-refractivity contribution in [1.82, 2.24) is 10.3 Å². The summed E-state index contributed by atoms with van der Waals surface area (Å²) in [7, 11) is 0. The van der Waals surface area contributed by atoms with Gasteiger partial charge >= 0.3 is 0 Å². The van der Waals surface area contributed by atoms with Crippen LogP contribution in [0.2, 0.25) is 0 Å². The maximum atomic E-state index is 11.7. The van der Waals surface area contributed by atoms with Crippen LogP contribution in [0.15, 0.2) is 29.8 Å². The molecule has 1 amide bonds. The molecule has 0 radical (unpaired) electrons. The second kappa shape index (κ2) is 7.51. The molecule has 0 spiro atoms. The van der Waals surface area contributed by atoms with E-state index in [4.69, 9.17) is 0 Å². The summed E-state index contributed by atoms with van der Waals surface area (Å²) in [6.45, 7) is 2.84. The smallest absolute Gasteiger partial charge is 0.290 e. The van der Waals surface area contributed by atoms with Gasteiger partial charge in [-0.25, -0.2) is 4.98 Å². The van der Waals surface area contributed by atoms with Crippen LogP contribution in [0.4, 0.5) is 11.5 Å². The highest BCUT2D eigenvalue weighted by Gasteiger charge is 2.11. The van der Waals surface area contributed by atoms with Gasteiger partial charge < -0.3 is 10.6 Å². The van der Waals surface area contributed by atoms with Gasteiger partial charge in [-0.1, -0.05) is 6.07 Å². The summed E-state index contributed by atoms with van der Waals surface area (Å²) in [4.78, 5) is 26.6. The topological polar surface area (TPSA) is 97.2 Å². The van der Waals surface area contributed by atoms with Crippen molar-refractivity contribution in [3.8, 4) is 0 Å². The standard InChI is InChI=1S/C14H16N4O3S/c1-10-8-13(17-9-11(10)18(20)21)15-5-3-6-16-14(19)12-4-2-7-22-12/h2,4,7-9H,3,5-6H2,1H3,(H,15,17)(H,16,19). The van der Waals surface area contributed by atoms with Crippen LogP contribution >= 0.6 is 11.3 Å². The first kappa shape index (κ1) is 15.9. The number of aryl methyl sites for hydroxylation is 1. The van der Waals surface area contributed by atoms with Crippen LogP contribution in [0.3, 0.4) is 0 Å². The zero-order valence-electron chi connectivity index (χ0n) is 12.0. The molecule has 0 saturated carbocycles. The molecule has 116 valence electrons. The van der Waals surface area contributed by atoms with Gasteiger partial charge in [0.05, 0.1) is 9.80 Å². The fourth-order valence-electron chi connectivity index (χ4n) is 1.84. The van der Waals surface area contributed by atoms with Crippen molar-refractivity contribution in [1.29, 1.82) is 0 Å². The van der Waals surface area contributed by atoms with Gasteiger partial charge in [-0.05, 0) is 30.9 Å². The highest BCUT2D eigenvalue weighted by molar-refractivity contribution is 7.12. The number of pyridine rings is 1. The van der Waals surface area contributed by atoms with Gasteiger partial charge in [0.15, 0.2) is 0 Å². The van der Waals surface area contributed by atoms with Crippen molar-refractivity contribution in [3.05, 3.63) is 50.3 Å². The summed E-state index contributed by atoms with van der Waals surface area (Å²) in [5.74, 6) is 0.520. The number of carbonyl (C=O) groups is 1. The van der Waals surface area contributed by atoms with Crippen LogP contribution in [0, 0.1) is 17.0 Å². The van der Waals surface area contributed by atoms with Crippen molar-refractivity contribution in [2.45, 2.75) is 13.3 Å². The Morgan fingerprint density at radius 2 is 2.27 bits per heavy atom. The zero-order chi connectivity index (χ0) is 15.9. The lowest BCUT2D eigenvalue weighted by Gasteiger charge is -2.07. The number of aromatic nitrogens is 1. The summed E-state index contributed by atoms with van der Waals surface area (Å²) in [5.41, 5.74) is 0.572. The van der Waals surface area contributed by atoms with Crippen LogP contribution in [0.5, 0.6) is 0 Å². The number of nitrogens with zero attached hydrogens (tertiary/aromatic N) is 2. The number of nitro groups is 1. The summed E-state index contributed by atoms with van der Waals surface area (Å²) in [6, 6.07) is 5.26. The van der Waals surface area contributed by atoms with E-state index in [1.165, 1.54) is 17.5 Å². The van der Waals surface area contributed by atoms with E-state index in [0.717, 1.165) is 6.42 Å². The lowest BCUT2D eigenvalue weighted by Crippen LogP contribution is -2.25. The first-order valence-electron chi connectivity index (χ1n) is 6.74. The molecule has 2 heterocycles. The molecule has 0 atom stereocenters. The fraction of sp³-hybridized carbons (Fsp3) is 0.286. The van der Waals surface area contributed by atoms with E-state index in [0.29, 0.717) is 29.3 Å². The van der Waals surface area contributed by atoms with Gasteiger partial charge in [0.2, 0.25) is 0 Å². The van der Waals surface area contributed by atoms with E-state index in [1.54, 1.807) is 19.1 Å². The number of amides is 1. The minimum absolute atomic E-state index is 0.00811. The van der Waals surface area contributed by atoms with Gasteiger partial charge in [-0.2, -0.15) is 0 Å². The number of nitrogens with one attached hydrogen (secondary N) is 2. The zero-order valence-corrected chi connectivity index (χ0v) is 12.9. The van der Waals surface area contributed by atoms with Crippen LogP contribution in [0.1, 0.15) is 21.7 Å². The molecule has 7 nitrogen and oxygen atoms in total. The van der Waals surface area contributed by atoms with Crippen molar-refractivity contribution in [2.24, 2.45) is 0 Å². The molecule has 0 fully saturated rings. The van der Waals surface area contributed by atoms with Crippen LogP contribution in [0.25, 0.3) is 0 Å². The molecule has 2 rings (SSSR count). The molecule has 2 aromatic heterocycles.